The molecule has 0 saturated carbocycles. The highest BCUT2D eigenvalue weighted by Gasteiger charge is 2.48. The third-order valence-electron chi connectivity index (χ3n) is 5.82. The smallest absolute Gasteiger partial charge is 0.192 e. The van der Waals surface area contributed by atoms with Crippen molar-refractivity contribution >= 4 is 19.9 Å². The Kier molecular flexibility index (Phi) is 4.75. The summed E-state index contributed by atoms with van der Waals surface area (Å²) in [6.45, 7) is 11.7. The molecule has 0 aromatic rings. The first-order valence-corrected chi connectivity index (χ1v) is 11.2. The molecule has 2 aliphatic rings. The summed E-state index contributed by atoms with van der Waals surface area (Å²) in [7, 11) is 0.552. The lowest BCUT2D eigenvalue weighted by Gasteiger charge is -2.47. The van der Waals surface area contributed by atoms with E-state index in [0.717, 1.165) is 6.42 Å². The zero-order chi connectivity index (χ0) is 15.1. The van der Waals surface area contributed by atoms with Crippen LogP contribution in [0.15, 0.2) is 11.6 Å². The van der Waals surface area contributed by atoms with E-state index in [2.05, 4.69) is 51.9 Å². The second-order valence-electron chi connectivity index (χ2n) is 8.01. The predicted octanol–water partition coefficient (Wildman–Crippen LogP) is 4.61. The van der Waals surface area contributed by atoms with Crippen LogP contribution in [0.4, 0.5) is 0 Å². The number of fused-ring (bicyclic) bond motifs is 2. The van der Waals surface area contributed by atoms with Crippen molar-refractivity contribution in [1.29, 1.82) is 0 Å². The molecule has 4 atom stereocenters. The second-order valence-corrected chi connectivity index (χ2v) is 13.0. The average Bonchev–Trinajstić information content (AvgIpc) is 2.55. The van der Waals surface area contributed by atoms with Crippen LogP contribution >= 0.6 is 11.6 Å². The van der Waals surface area contributed by atoms with Crippen LogP contribution in [0.3, 0.4) is 0 Å². The molecule has 0 radical (unpaired) electrons. The summed E-state index contributed by atoms with van der Waals surface area (Å²) in [5.74, 6) is 0.449. The van der Waals surface area contributed by atoms with Crippen molar-refractivity contribution in [1.82, 2.24) is 4.90 Å². The summed E-state index contributed by atoms with van der Waals surface area (Å²) in [6, 6.07) is 1.31. The van der Waals surface area contributed by atoms with E-state index in [4.69, 9.17) is 16.0 Å². The average molecular weight is 316 g/mol. The van der Waals surface area contributed by atoms with Crippen molar-refractivity contribution in [3.63, 3.8) is 0 Å². The molecule has 0 aliphatic carbocycles. The Morgan fingerprint density at radius 3 is 2.45 bits per heavy atom. The summed E-state index contributed by atoms with van der Waals surface area (Å²) in [6.07, 6.45) is 6.27. The topological polar surface area (TPSA) is 12.5 Å². The zero-order valence-electron chi connectivity index (χ0n) is 13.8. The van der Waals surface area contributed by atoms with Gasteiger partial charge in [-0.05, 0) is 44.4 Å². The van der Waals surface area contributed by atoms with E-state index in [1.807, 2.05) is 0 Å². The Morgan fingerprint density at radius 1 is 1.25 bits per heavy atom. The van der Waals surface area contributed by atoms with Gasteiger partial charge in [0.05, 0.1) is 6.10 Å². The lowest BCUT2D eigenvalue weighted by molar-refractivity contribution is 0.0214. The van der Waals surface area contributed by atoms with Gasteiger partial charge in [0.2, 0.25) is 0 Å². The van der Waals surface area contributed by atoms with Gasteiger partial charge in [-0.15, -0.1) is 0 Å². The molecular formula is C16H30ClNOSi. The highest BCUT2D eigenvalue weighted by molar-refractivity contribution is 6.74. The molecular weight excluding hydrogens is 286 g/mol. The van der Waals surface area contributed by atoms with Crippen molar-refractivity contribution in [3.8, 4) is 0 Å². The number of halogens is 1. The normalized spacial score (nSPS) is 36.0. The minimum atomic E-state index is -1.71. The third kappa shape index (κ3) is 3.01. The molecule has 2 rings (SSSR count). The van der Waals surface area contributed by atoms with Crippen LogP contribution < -0.4 is 0 Å². The van der Waals surface area contributed by atoms with Crippen LogP contribution in [0, 0.1) is 5.92 Å². The fraction of sp³-hybridized carbons (Fsp3) is 0.875. The van der Waals surface area contributed by atoms with Gasteiger partial charge in [-0.3, -0.25) is 4.90 Å². The van der Waals surface area contributed by atoms with E-state index in [1.165, 1.54) is 12.8 Å². The quantitative estimate of drug-likeness (QED) is 0.705. The molecule has 20 heavy (non-hydrogen) atoms. The van der Waals surface area contributed by atoms with Gasteiger partial charge in [-0.1, -0.05) is 38.4 Å². The van der Waals surface area contributed by atoms with E-state index in [0.29, 0.717) is 24.1 Å². The van der Waals surface area contributed by atoms with Gasteiger partial charge in [0.1, 0.15) is 0 Å². The largest absolute Gasteiger partial charge is 0.413 e. The molecule has 0 spiro atoms. The van der Waals surface area contributed by atoms with Gasteiger partial charge in [0.25, 0.3) is 0 Å². The maximum absolute atomic E-state index is 6.74. The number of hydrogen-bond donors (Lipinski definition) is 0. The van der Waals surface area contributed by atoms with Gasteiger partial charge in [0.15, 0.2) is 8.32 Å². The van der Waals surface area contributed by atoms with E-state index >= 15 is 0 Å². The Bertz CT molecular complexity index is 377. The molecule has 0 aromatic heterocycles. The molecule has 2 heterocycles. The van der Waals surface area contributed by atoms with Crippen molar-refractivity contribution < 1.29 is 4.43 Å². The van der Waals surface area contributed by atoms with Crippen LogP contribution in [-0.4, -0.2) is 38.5 Å². The van der Waals surface area contributed by atoms with Crippen molar-refractivity contribution in [2.24, 2.45) is 5.92 Å². The maximum atomic E-state index is 6.74. The number of rotatable bonds is 3. The van der Waals surface area contributed by atoms with E-state index in [9.17, 15) is 0 Å². The minimum absolute atomic E-state index is 0.268. The molecule has 2 saturated heterocycles. The lowest BCUT2D eigenvalue weighted by Crippen LogP contribution is -2.54. The zero-order valence-corrected chi connectivity index (χ0v) is 15.6. The maximum Gasteiger partial charge on any atom is 0.192 e. The van der Waals surface area contributed by atoms with Gasteiger partial charge < -0.3 is 4.43 Å². The number of piperidine rings is 1. The molecule has 2 aliphatic heterocycles. The fourth-order valence-corrected chi connectivity index (χ4v) is 5.01. The molecule has 116 valence electrons. The molecule has 2 bridgehead atoms. The number of nitrogens with zero attached hydrogens (tertiary/aromatic N) is 1. The first-order chi connectivity index (χ1) is 9.17. The highest BCUT2D eigenvalue weighted by Crippen LogP contribution is 2.44. The van der Waals surface area contributed by atoms with E-state index in [1.54, 1.807) is 5.54 Å². The van der Waals surface area contributed by atoms with E-state index in [-0.39, 0.29) is 5.04 Å². The Balaban J connectivity index is 2.18. The predicted molar refractivity (Wildman–Crippen MR) is 89.7 cm³/mol. The summed E-state index contributed by atoms with van der Waals surface area (Å²) < 4.78 is 6.74. The van der Waals surface area contributed by atoms with Crippen LogP contribution in [0.5, 0.6) is 0 Å². The first-order valence-electron chi connectivity index (χ1n) is 7.84. The monoisotopic (exact) mass is 315 g/mol. The van der Waals surface area contributed by atoms with Gasteiger partial charge in [0, 0.05) is 23.5 Å². The van der Waals surface area contributed by atoms with Crippen LogP contribution in [0.1, 0.15) is 40.0 Å². The van der Waals surface area contributed by atoms with Crippen LogP contribution in [-0.2, 0) is 4.43 Å². The van der Waals surface area contributed by atoms with E-state index < -0.39 is 8.32 Å². The van der Waals surface area contributed by atoms with Gasteiger partial charge >= 0.3 is 0 Å². The highest BCUT2D eigenvalue weighted by atomic mass is 35.5. The molecule has 0 N–H and O–H groups in total. The molecule has 2 fully saturated rings. The van der Waals surface area contributed by atoms with Crippen molar-refractivity contribution in [3.05, 3.63) is 11.6 Å². The number of hydrogen-bond acceptors (Lipinski definition) is 2. The molecule has 0 aromatic carbocycles. The Labute approximate surface area is 130 Å². The standard InChI is InChI=1S/C16H30ClNOSi/c1-16(2,3)20(5,6)19-15-11-12-7-8-14(18(12)4)13(15)9-10-17/h9-10,12-15H,7-8,11H2,1-6H3/b10-9+/t12-,13+,14+,15-/m0/s1. The summed E-state index contributed by atoms with van der Waals surface area (Å²) in [5, 5.41) is 0.268. The Morgan fingerprint density at radius 2 is 1.90 bits per heavy atom. The molecule has 0 amide bonds. The SMILES string of the molecule is CN1[C@H]2CC[C@@H]1[C@@H](/C=C/Cl)[C@@H](O[Si](C)(C)C(C)(C)C)C2. The minimum Gasteiger partial charge on any atom is -0.413 e. The van der Waals surface area contributed by atoms with Crippen molar-refractivity contribution in [2.75, 3.05) is 7.05 Å². The molecule has 0 unspecified atom stereocenters. The van der Waals surface area contributed by atoms with Crippen molar-refractivity contribution in [2.45, 2.75) is 76.4 Å². The molecule has 2 nitrogen and oxygen atoms in total. The summed E-state index contributed by atoms with van der Waals surface area (Å²) >= 11 is 5.90. The lowest BCUT2D eigenvalue weighted by atomic mass is 9.88. The second kappa shape index (κ2) is 5.75. The first kappa shape index (κ1) is 16.5. The van der Waals surface area contributed by atoms with Crippen LogP contribution in [0.25, 0.3) is 0 Å². The molecule has 4 heteroatoms. The summed E-state index contributed by atoms with van der Waals surface area (Å²) in [5.41, 5.74) is 1.69. The van der Waals surface area contributed by atoms with Gasteiger partial charge in [-0.25, -0.2) is 0 Å². The fourth-order valence-electron chi connectivity index (χ4n) is 3.48. The van der Waals surface area contributed by atoms with Gasteiger partial charge in [-0.2, -0.15) is 0 Å². The Hall–Kier alpha value is 0.167. The summed E-state index contributed by atoms with van der Waals surface area (Å²) in [4.78, 5) is 2.55. The third-order valence-corrected chi connectivity index (χ3v) is 10.5. The van der Waals surface area contributed by atoms with Crippen LogP contribution in [0.2, 0.25) is 18.1 Å².